The molecular formula is C11H19NO5. The lowest BCUT2D eigenvalue weighted by Crippen LogP contribution is -2.32. The zero-order chi connectivity index (χ0) is 13.6. The van der Waals surface area contributed by atoms with Crippen molar-refractivity contribution in [2.45, 2.75) is 39.0 Å². The third-order valence-electron chi connectivity index (χ3n) is 1.49. The molecule has 0 saturated heterocycles. The average molecular weight is 245 g/mol. The van der Waals surface area contributed by atoms with Crippen LogP contribution in [0.4, 0.5) is 0 Å². The number of hydrogen-bond donors (Lipinski definition) is 1. The second-order valence-electron chi connectivity index (χ2n) is 4.36. The molecule has 1 atom stereocenters. The lowest BCUT2D eigenvalue weighted by molar-refractivity contribution is -0.158. The van der Waals surface area contributed by atoms with Gasteiger partial charge in [-0.15, -0.1) is 0 Å². The Labute approximate surface area is 101 Å². The van der Waals surface area contributed by atoms with Crippen molar-refractivity contribution < 1.29 is 23.8 Å². The summed E-state index contributed by atoms with van der Waals surface area (Å²) in [5, 5.41) is 0. The number of esters is 2. The smallest absolute Gasteiger partial charge is 0.372 e. The Bertz CT molecular complexity index is 305. The van der Waals surface area contributed by atoms with Gasteiger partial charge >= 0.3 is 11.9 Å². The summed E-state index contributed by atoms with van der Waals surface area (Å²) in [7, 11) is 1.19. The molecule has 0 spiro atoms. The first kappa shape index (κ1) is 15.4. The molecule has 0 amide bonds. The number of hydrogen-bond acceptors (Lipinski definition) is 6. The maximum absolute atomic E-state index is 11.4. The molecule has 6 heteroatoms. The molecule has 0 saturated carbocycles. The Morgan fingerprint density at radius 2 is 1.88 bits per heavy atom. The maximum Gasteiger partial charge on any atom is 0.372 e. The summed E-state index contributed by atoms with van der Waals surface area (Å²) in [5.74, 6) is -1.49. The molecule has 98 valence electrons. The summed E-state index contributed by atoms with van der Waals surface area (Å²) >= 11 is 0. The molecule has 0 aliphatic carbocycles. The lowest BCUT2D eigenvalue weighted by Gasteiger charge is -2.21. The van der Waals surface area contributed by atoms with Crippen LogP contribution in [0.25, 0.3) is 0 Å². The summed E-state index contributed by atoms with van der Waals surface area (Å²) in [4.78, 5) is 22.3. The zero-order valence-electron chi connectivity index (χ0n) is 10.6. The minimum Gasteiger partial charge on any atom is -0.468 e. The summed E-state index contributed by atoms with van der Waals surface area (Å²) in [6.45, 7) is 8.54. The molecule has 0 heterocycles. The highest BCUT2D eigenvalue weighted by Crippen LogP contribution is 2.10. The van der Waals surface area contributed by atoms with E-state index in [1.54, 1.807) is 20.8 Å². The summed E-state index contributed by atoms with van der Waals surface area (Å²) < 4.78 is 14.3. The van der Waals surface area contributed by atoms with Gasteiger partial charge in [-0.05, 0) is 27.4 Å². The van der Waals surface area contributed by atoms with E-state index in [-0.39, 0.29) is 12.2 Å². The Morgan fingerprint density at radius 3 is 2.29 bits per heavy atom. The Kier molecular flexibility index (Phi) is 5.67. The van der Waals surface area contributed by atoms with Crippen LogP contribution in [0.2, 0.25) is 0 Å². The average Bonchev–Trinajstić information content (AvgIpc) is 2.12. The van der Waals surface area contributed by atoms with Crippen LogP contribution in [0, 0.1) is 0 Å². The van der Waals surface area contributed by atoms with E-state index < -0.39 is 23.8 Å². The van der Waals surface area contributed by atoms with Crippen molar-refractivity contribution in [2.24, 2.45) is 5.73 Å². The van der Waals surface area contributed by atoms with Crippen LogP contribution >= 0.6 is 0 Å². The number of carbonyl (C=O) groups excluding carboxylic acids is 2. The standard InChI is InChI=1S/C11H19NO5/c1-7(10(14)15-5)16-8(12)6-9(13)17-11(2,3)4/h8H,1,6,12H2,2-5H3. The van der Waals surface area contributed by atoms with E-state index in [1.165, 1.54) is 7.11 Å². The molecule has 0 fully saturated rings. The molecule has 0 aromatic heterocycles. The summed E-state index contributed by atoms with van der Waals surface area (Å²) in [6.07, 6.45) is -1.16. The summed E-state index contributed by atoms with van der Waals surface area (Å²) in [5.41, 5.74) is 4.91. The van der Waals surface area contributed by atoms with Gasteiger partial charge in [-0.3, -0.25) is 10.5 Å². The van der Waals surface area contributed by atoms with E-state index in [4.69, 9.17) is 15.2 Å². The molecule has 17 heavy (non-hydrogen) atoms. The molecule has 0 bridgehead atoms. The third-order valence-corrected chi connectivity index (χ3v) is 1.49. The largest absolute Gasteiger partial charge is 0.468 e. The van der Waals surface area contributed by atoms with E-state index in [2.05, 4.69) is 11.3 Å². The second kappa shape index (κ2) is 6.24. The first-order chi connectivity index (χ1) is 7.65. The van der Waals surface area contributed by atoms with Crippen LogP contribution < -0.4 is 5.73 Å². The molecule has 0 aromatic carbocycles. The molecule has 0 radical (unpaired) electrons. The lowest BCUT2D eigenvalue weighted by atomic mass is 10.2. The van der Waals surface area contributed by atoms with Gasteiger partial charge in [-0.25, -0.2) is 4.79 Å². The van der Waals surface area contributed by atoms with Gasteiger partial charge in [0.1, 0.15) is 5.60 Å². The number of rotatable bonds is 5. The van der Waals surface area contributed by atoms with Crippen molar-refractivity contribution in [3.05, 3.63) is 12.3 Å². The molecule has 0 aromatic rings. The van der Waals surface area contributed by atoms with Crippen LogP contribution in [0.3, 0.4) is 0 Å². The van der Waals surface area contributed by atoms with Crippen LogP contribution in [0.5, 0.6) is 0 Å². The SMILES string of the molecule is C=C(OC(N)CC(=O)OC(C)(C)C)C(=O)OC. The van der Waals surface area contributed by atoms with Crippen molar-refractivity contribution in [1.29, 1.82) is 0 Å². The molecule has 0 rings (SSSR count). The number of ether oxygens (including phenoxy) is 3. The highest BCUT2D eigenvalue weighted by atomic mass is 16.6. The van der Waals surface area contributed by atoms with Crippen LogP contribution in [-0.2, 0) is 23.8 Å². The molecule has 2 N–H and O–H groups in total. The van der Waals surface area contributed by atoms with Crippen LogP contribution in [0.15, 0.2) is 12.3 Å². The van der Waals surface area contributed by atoms with Gasteiger partial charge in [0.15, 0.2) is 12.0 Å². The van der Waals surface area contributed by atoms with E-state index in [0.29, 0.717) is 0 Å². The van der Waals surface area contributed by atoms with Gasteiger partial charge in [0.2, 0.25) is 0 Å². The predicted octanol–water partition coefficient (Wildman–Crippen LogP) is 0.706. The Hall–Kier alpha value is -1.56. The number of methoxy groups -OCH3 is 1. The van der Waals surface area contributed by atoms with Crippen molar-refractivity contribution >= 4 is 11.9 Å². The normalized spacial score (nSPS) is 12.5. The topological polar surface area (TPSA) is 87.9 Å². The first-order valence-electron chi connectivity index (χ1n) is 5.07. The molecule has 0 aliphatic heterocycles. The van der Waals surface area contributed by atoms with Gasteiger partial charge in [0.25, 0.3) is 0 Å². The van der Waals surface area contributed by atoms with E-state index in [0.717, 1.165) is 0 Å². The van der Waals surface area contributed by atoms with Gasteiger partial charge in [0, 0.05) is 0 Å². The van der Waals surface area contributed by atoms with Gasteiger partial charge in [-0.2, -0.15) is 0 Å². The summed E-state index contributed by atoms with van der Waals surface area (Å²) in [6, 6.07) is 0. The third kappa shape index (κ3) is 7.35. The second-order valence-corrected chi connectivity index (χ2v) is 4.36. The van der Waals surface area contributed by atoms with E-state index >= 15 is 0 Å². The first-order valence-corrected chi connectivity index (χ1v) is 5.07. The predicted molar refractivity (Wildman–Crippen MR) is 60.7 cm³/mol. The van der Waals surface area contributed by atoms with Crippen molar-refractivity contribution in [2.75, 3.05) is 7.11 Å². The molecule has 0 aliphatic rings. The highest BCUT2D eigenvalue weighted by molar-refractivity contribution is 5.85. The molecular weight excluding hydrogens is 226 g/mol. The van der Waals surface area contributed by atoms with Crippen molar-refractivity contribution in [1.82, 2.24) is 0 Å². The van der Waals surface area contributed by atoms with Gasteiger partial charge < -0.3 is 14.2 Å². The Balaban J connectivity index is 4.10. The van der Waals surface area contributed by atoms with Gasteiger partial charge in [0.05, 0.1) is 13.5 Å². The fourth-order valence-corrected chi connectivity index (χ4v) is 0.934. The fourth-order valence-electron chi connectivity index (χ4n) is 0.934. The zero-order valence-corrected chi connectivity index (χ0v) is 10.6. The van der Waals surface area contributed by atoms with Crippen LogP contribution in [0.1, 0.15) is 27.2 Å². The minimum absolute atomic E-state index is 0.173. The quantitative estimate of drug-likeness (QED) is 0.332. The number of nitrogens with two attached hydrogens (primary N) is 1. The monoisotopic (exact) mass is 245 g/mol. The van der Waals surface area contributed by atoms with Crippen molar-refractivity contribution in [3.63, 3.8) is 0 Å². The highest BCUT2D eigenvalue weighted by Gasteiger charge is 2.21. The fraction of sp³-hybridized carbons (Fsp3) is 0.636. The minimum atomic E-state index is -0.989. The van der Waals surface area contributed by atoms with Gasteiger partial charge in [-0.1, -0.05) is 0 Å². The molecule has 6 nitrogen and oxygen atoms in total. The van der Waals surface area contributed by atoms with E-state index in [1.807, 2.05) is 0 Å². The van der Waals surface area contributed by atoms with Crippen LogP contribution in [-0.4, -0.2) is 30.9 Å². The van der Waals surface area contributed by atoms with E-state index in [9.17, 15) is 9.59 Å². The Morgan fingerprint density at radius 1 is 1.35 bits per heavy atom. The molecule has 1 unspecified atom stereocenters. The number of carbonyl (C=O) groups is 2. The van der Waals surface area contributed by atoms with Crippen molar-refractivity contribution in [3.8, 4) is 0 Å². The maximum atomic E-state index is 11.4.